The van der Waals surface area contributed by atoms with Crippen LogP contribution in [0.2, 0.25) is 0 Å². The minimum atomic E-state index is -1.07. The molecule has 1 aromatic carbocycles. The minimum absolute atomic E-state index is 0.0291. The van der Waals surface area contributed by atoms with Crippen molar-refractivity contribution >= 4 is 35.5 Å². The normalized spacial score (nSPS) is 29.9. The number of amides is 5. The van der Waals surface area contributed by atoms with Crippen LogP contribution in [0.4, 0.5) is 4.79 Å². The number of benzene rings is 1. The van der Waals surface area contributed by atoms with Gasteiger partial charge in [-0.25, -0.2) is 4.79 Å². The van der Waals surface area contributed by atoms with Crippen LogP contribution >= 0.6 is 0 Å². The van der Waals surface area contributed by atoms with Gasteiger partial charge in [0.05, 0.1) is 17.7 Å². The van der Waals surface area contributed by atoms with Crippen LogP contribution in [0.5, 0.6) is 0 Å². The van der Waals surface area contributed by atoms with Crippen LogP contribution < -0.4 is 10.6 Å². The lowest BCUT2D eigenvalue weighted by atomic mass is 10.0. The highest BCUT2D eigenvalue weighted by Gasteiger charge is 2.59. The zero-order valence-corrected chi connectivity index (χ0v) is 25.6. The Morgan fingerprint density at radius 2 is 1.70 bits per heavy atom. The lowest BCUT2D eigenvalue weighted by Crippen LogP contribution is -2.56. The Kier molecular flexibility index (Phi) is 8.66. The monoisotopic (exact) mass is 608 g/mol. The molecule has 0 bridgehead atoms. The Hall–Kier alpha value is -4.06. The highest BCUT2D eigenvalue weighted by atomic mass is 16.7. The van der Waals surface area contributed by atoms with Crippen molar-refractivity contribution in [1.29, 1.82) is 0 Å². The van der Waals surface area contributed by atoms with Crippen molar-refractivity contribution in [2.45, 2.75) is 102 Å². The number of carbonyl (C=O) groups is 6. The lowest BCUT2D eigenvalue weighted by Gasteiger charge is -2.30. The largest absolute Gasteiger partial charge is 0.444 e. The van der Waals surface area contributed by atoms with Crippen LogP contribution in [-0.2, 0) is 24.0 Å². The number of fused-ring (bicyclic) bond motifs is 3. The van der Waals surface area contributed by atoms with Gasteiger partial charge < -0.3 is 20.3 Å². The van der Waals surface area contributed by atoms with E-state index in [0.717, 1.165) is 19.3 Å². The summed E-state index contributed by atoms with van der Waals surface area (Å²) in [6, 6.07) is 4.29. The molecule has 1 saturated heterocycles. The smallest absolute Gasteiger partial charge is 0.408 e. The average molecular weight is 609 g/mol. The first-order valence-electron chi connectivity index (χ1n) is 15.2. The number of nitrogens with one attached hydrogen (secondary N) is 2. The lowest BCUT2D eigenvalue weighted by molar-refractivity contribution is -0.142. The SMILES string of the molecule is CC(=O)[C@@]12CC1/C=C\CCCCC[C@H](NC(=O)OC(C)(C)C)C(=O)N1C[C@H](ON3C(=O)c4ccccc4C3=O)C[C@H]1C(=O)N2. The topological polar surface area (TPSA) is 151 Å². The Balaban J connectivity index is 1.41. The van der Waals surface area contributed by atoms with E-state index >= 15 is 0 Å². The van der Waals surface area contributed by atoms with Gasteiger partial charge in [-0.15, -0.1) is 5.06 Å². The second-order valence-corrected chi connectivity index (χ2v) is 13.0. The Bertz CT molecular complexity index is 1370. The Morgan fingerprint density at radius 3 is 2.34 bits per heavy atom. The molecular formula is C32H40N4O8. The molecule has 44 heavy (non-hydrogen) atoms. The van der Waals surface area contributed by atoms with E-state index in [2.05, 4.69) is 10.6 Å². The highest BCUT2D eigenvalue weighted by Crippen LogP contribution is 2.46. The summed E-state index contributed by atoms with van der Waals surface area (Å²) >= 11 is 0. The van der Waals surface area contributed by atoms with Crippen molar-refractivity contribution in [2.24, 2.45) is 5.92 Å². The van der Waals surface area contributed by atoms with Gasteiger partial charge in [0.15, 0.2) is 5.78 Å². The Morgan fingerprint density at radius 1 is 1.02 bits per heavy atom. The first-order chi connectivity index (χ1) is 20.8. The van der Waals surface area contributed by atoms with E-state index in [-0.39, 0.29) is 35.8 Å². The van der Waals surface area contributed by atoms with E-state index in [1.807, 2.05) is 12.2 Å². The molecule has 2 fully saturated rings. The maximum atomic E-state index is 14.1. The zero-order chi connectivity index (χ0) is 31.8. The number of imide groups is 1. The third kappa shape index (κ3) is 6.40. The molecule has 12 heteroatoms. The van der Waals surface area contributed by atoms with Crippen LogP contribution in [0.1, 0.15) is 93.4 Å². The molecule has 1 aliphatic carbocycles. The van der Waals surface area contributed by atoms with E-state index in [9.17, 15) is 28.8 Å². The predicted molar refractivity (Wildman–Crippen MR) is 157 cm³/mol. The third-order valence-corrected chi connectivity index (χ3v) is 8.57. The van der Waals surface area contributed by atoms with Gasteiger partial charge in [-0.3, -0.25) is 28.8 Å². The standard InChI is InChI=1S/C32H40N4O8/c1-19(37)32-17-20(32)12-8-6-5-7-9-15-24(33-30(42)43-31(2,3)4)29(41)35-18-21(16-25(35)26(38)34-32)44-36-27(39)22-13-10-11-14-23(22)28(36)40/h8,10-14,20-21,24-25H,5-7,9,15-18H2,1-4H3,(H,33,42)(H,34,38)/b12-8-/t20?,21-,24+,25+,32+/m1/s1. The molecule has 3 heterocycles. The molecule has 4 aliphatic rings. The average Bonchev–Trinajstić information content (AvgIpc) is 3.39. The van der Waals surface area contributed by atoms with Gasteiger partial charge >= 0.3 is 6.09 Å². The fraction of sp³-hybridized carbons (Fsp3) is 0.562. The van der Waals surface area contributed by atoms with Crippen molar-refractivity contribution < 1.29 is 38.3 Å². The fourth-order valence-electron chi connectivity index (χ4n) is 6.19. The summed E-state index contributed by atoms with van der Waals surface area (Å²) in [5, 5.41) is 6.28. The van der Waals surface area contributed by atoms with Crippen molar-refractivity contribution in [1.82, 2.24) is 20.6 Å². The van der Waals surface area contributed by atoms with E-state index in [0.29, 0.717) is 24.3 Å². The molecule has 1 aromatic rings. The number of hydrogen-bond donors (Lipinski definition) is 2. The molecule has 236 valence electrons. The minimum Gasteiger partial charge on any atom is -0.444 e. The zero-order valence-electron chi connectivity index (χ0n) is 25.6. The summed E-state index contributed by atoms with van der Waals surface area (Å²) < 4.78 is 5.42. The second-order valence-electron chi connectivity index (χ2n) is 13.0. The maximum absolute atomic E-state index is 14.1. The number of rotatable bonds is 4. The molecule has 2 N–H and O–H groups in total. The fourth-order valence-corrected chi connectivity index (χ4v) is 6.19. The summed E-state index contributed by atoms with van der Waals surface area (Å²) in [5.74, 6) is -2.63. The number of carbonyl (C=O) groups excluding carboxylic acids is 6. The molecule has 5 atom stereocenters. The van der Waals surface area contributed by atoms with E-state index in [1.54, 1.807) is 32.9 Å². The maximum Gasteiger partial charge on any atom is 0.408 e. The highest BCUT2D eigenvalue weighted by molar-refractivity contribution is 6.20. The van der Waals surface area contributed by atoms with E-state index in [1.165, 1.54) is 24.0 Å². The van der Waals surface area contributed by atoms with Crippen molar-refractivity contribution in [3.8, 4) is 0 Å². The van der Waals surface area contributed by atoms with Gasteiger partial charge in [0.2, 0.25) is 11.8 Å². The van der Waals surface area contributed by atoms with Gasteiger partial charge in [0.25, 0.3) is 11.8 Å². The number of hydrogen-bond acceptors (Lipinski definition) is 8. The van der Waals surface area contributed by atoms with Crippen LogP contribution in [-0.4, -0.2) is 81.3 Å². The molecule has 5 amide bonds. The number of Topliss-reactive ketones (excluding diaryl/α,β-unsaturated/α-hetero) is 1. The first kappa shape index (κ1) is 31.4. The van der Waals surface area contributed by atoms with Gasteiger partial charge in [-0.2, -0.15) is 0 Å². The molecule has 0 aromatic heterocycles. The number of alkyl carbamates (subject to hydrolysis) is 1. The summed E-state index contributed by atoms with van der Waals surface area (Å²) in [6.45, 7) is 6.48. The molecule has 5 rings (SSSR count). The number of ether oxygens (including phenoxy) is 1. The molecule has 3 aliphatic heterocycles. The second kappa shape index (κ2) is 12.1. The van der Waals surface area contributed by atoms with Crippen molar-refractivity contribution in [3.05, 3.63) is 47.5 Å². The van der Waals surface area contributed by atoms with Crippen molar-refractivity contribution in [2.75, 3.05) is 6.54 Å². The quantitative estimate of drug-likeness (QED) is 0.391. The number of ketones is 1. The number of nitrogens with zero attached hydrogens (tertiary/aromatic N) is 2. The number of hydroxylamine groups is 2. The van der Waals surface area contributed by atoms with Crippen LogP contribution in [0.3, 0.4) is 0 Å². The van der Waals surface area contributed by atoms with Gasteiger partial charge in [0.1, 0.15) is 29.3 Å². The number of allylic oxidation sites excluding steroid dienone is 1. The summed E-state index contributed by atoms with van der Waals surface area (Å²) in [6.07, 6.45) is 6.20. The van der Waals surface area contributed by atoms with E-state index < -0.39 is 59.0 Å². The third-order valence-electron chi connectivity index (χ3n) is 8.57. The van der Waals surface area contributed by atoms with Gasteiger partial charge in [0, 0.05) is 12.3 Å². The summed E-state index contributed by atoms with van der Waals surface area (Å²) in [7, 11) is 0. The van der Waals surface area contributed by atoms with Crippen molar-refractivity contribution in [3.63, 3.8) is 0 Å². The predicted octanol–water partition coefficient (Wildman–Crippen LogP) is 3.06. The van der Waals surface area contributed by atoms with Gasteiger partial charge in [-0.05, 0) is 65.5 Å². The van der Waals surface area contributed by atoms with Crippen LogP contribution in [0.15, 0.2) is 36.4 Å². The molecular weight excluding hydrogens is 568 g/mol. The summed E-state index contributed by atoms with van der Waals surface area (Å²) in [5.41, 5.74) is -1.44. The Labute approximate surface area is 256 Å². The van der Waals surface area contributed by atoms with Crippen LogP contribution in [0, 0.1) is 5.92 Å². The first-order valence-corrected chi connectivity index (χ1v) is 15.2. The van der Waals surface area contributed by atoms with Gasteiger partial charge in [-0.1, -0.05) is 37.1 Å². The molecule has 1 saturated carbocycles. The molecule has 12 nitrogen and oxygen atoms in total. The van der Waals surface area contributed by atoms with E-state index in [4.69, 9.17) is 9.57 Å². The molecule has 1 unspecified atom stereocenters. The summed E-state index contributed by atoms with van der Waals surface area (Å²) in [4.78, 5) is 86.6. The molecule has 0 radical (unpaired) electrons. The molecule has 0 spiro atoms. The van der Waals surface area contributed by atoms with Crippen LogP contribution in [0.25, 0.3) is 0 Å².